The minimum atomic E-state index is -3.89. The number of rotatable bonds is 3. The van der Waals surface area contributed by atoms with Crippen LogP contribution in [-0.2, 0) is 10.0 Å². The second-order valence-corrected chi connectivity index (χ2v) is 6.57. The fourth-order valence-corrected chi connectivity index (χ4v) is 3.53. The number of aliphatic hydroxyl groups is 1. The number of hydrogen-bond donors (Lipinski definition) is 2. The lowest BCUT2D eigenvalue weighted by atomic mass is 10.2. The van der Waals surface area contributed by atoms with Gasteiger partial charge in [-0.1, -0.05) is 0 Å². The number of sulfonamides is 1. The van der Waals surface area contributed by atoms with E-state index in [1.165, 1.54) is 7.05 Å². The summed E-state index contributed by atoms with van der Waals surface area (Å²) in [7, 11) is -2.54. The van der Waals surface area contributed by atoms with E-state index in [2.05, 4.69) is 5.32 Å². The van der Waals surface area contributed by atoms with Gasteiger partial charge in [-0.2, -0.15) is 9.57 Å². The summed E-state index contributed by atoms with van der Waals surface area (Å²) < 4.78 is 39.1. The molecule has 8 heteroatoms. The SMILES string of the molecule is CN([C@H]1CNC[C@@H]1O)S(=O)(=O)c1ccc(F)c(C#N)c1. The maximum Gasteiger partial charge on any atom is 0.243 e. The van der Waals surface area contributed by atoms with Crippen molar-refractivity contribution < 1.29 is 17.9 Å². The highest BCUT2D eigenvalue weighted by Crippen LogP contribution is 2.21. The van der Waals surface area contributed by atoms with Crippen molar-refractivity contribution >= 4 is 10.0 Å². The van der Waals surface area contributed by atoms with Gasteiger partial charge in [0.25, 0.3) is 0 Å². The predicted molar refractivity (Wildman–Crippen MR) is 68.7 cm³/mol. The van der Waals surface area contributed by atoms with Gasteiger partial charge in [0, 0.05) is 20.1 Å². The van der Waals surface area contributed by atoms with Crippen LogP contribution < -0.4 is 5.32 Å². The Morgan fingerprint density at radius 2 is 2.20 bits per heavy atom. The van der Waals surface area contributed by atoms with E-state index in [0.29, 0.717) is 13.1 Å². The van der Waals surface area contributed by atoms with Crippen LogP contribution in [0.5, 0.6) is 0 Å². The third-order valence-corrected chi connectivity index (χ3v) is 5.23. The van der Waals surface area contributed by atoms with Crippen molar-refractivity contribution in [3.63, 3.8) is 0 Å². The van der Waals surface area contributed by atoms with E-state index in [9.17, 15) is 17.9 Å². The molecule has 1 aromatic rings. The highest BCUT2D eigenvalue weighted by Gasteiger charge is 2.35. The molecule has 0 bridgehead atoms. The van der Waals surface area contributed by atoms with Crippen LogP contribution in [0, 0.1) is 17.1 Å². The summed E-state index contributed by atoms with van der Waals surface area (Å²) in [4.78, 5) is -0.169. The van der Waals surface area contributed by atoms with Crippen LogP contribution in [0.3, 0.4) is 0 Å². The number of hydrogen-bond acceptors (Lipinski definition) is 5. The number of nitriles is 1. The average molecular weight is 299 g/mol. The molecule has 1 aromatic carbocycles. The maximum absolute atomic E-state index is 13.2. The smallest absolute Gasteiger partial charge is 0.243 e. The summed E-state index contributed by atoms with van der Waals surface area (Å²) in [6.45, 7) is 0.653. The minimum absolute atomic E-state index is 0.169. The first-order valence-corrected chi connectivity index (χ1v) is 7.38. The molecule has 1 aliphatic heterocycles. The number of aliphatic hydroxyl groups excluding tert-OH is 1. The molecule has 1 fully saturated rings. The molecule has 2 rings (SSSR count). The quantitative estimate of drug-likeness (QED) is 0.796. The molecule has 6 nitrogen and oxygen atoms in total. The predicted octanol–water partition coefficient (Wildman–Crippen LogP) is -0.349. The lowest BCUT2D eigenvalue weighted by Gasteiger charge is -2.25. The van der Waals surface area contributed by atoms with Crippen molar-refractivity contribution in [1.29, 1.82) is 5.26 Å². The third-order valence-electron chi connectivity index (χ3n) is 3.35. The second kappa shape index (κ2) is 5.46. The van der Waals surface area contributed by atoms with Crippen molar-refractivity contribution in [2.75, 3.05) is 20.1 Å². The van der Waals surface area contributed by atoms with Crippen LogP contribution in [0.25, 0.3) is 0 Å². The summed E-state index contributed by atoms with van der Waals surface area (Å²) in [5.41, 5.74) is -0.329. The zero-order chi connectivity index (χ0) is 14.9. The Morgan fingerprint density at radius 1 is 1.50 bits per heavy atom. The molecule has 1 saturated heterocycles. The van der Waals surface area contributed by atoms with Gasteiger partial charge in [-0.05, 0) is 18.2 Å². The molecule has 0 radical (unpaired) electrons. The maximum atomic E-state index is 13.2. The summed E-state index contributed by atoms with van der Waals surface area (Å²) >= 11 is 0. The van der Waals surface area contributed by atoms with Crippen molar-refractivity contribution in [1.82, 2.24) is 9.62 Å². The molecule has 0 spiro atoms. The second-order valence-electron chi connectivity index (χ2n) is 4.57. The third kappa shape index (κ3) is 2.53. The Labute approximate surface area is 116 Å². The van der Waals surface area contributed by atoms with Gasteiger partial charge in [-0.25, -0.2) is 12.8 Å². The van der Waals surface area contributed by atoms with Gasteiger partial charge >= 0.3 is 0 Å². The first-order valence-electron chi connectivity index (χ1n) is 5.94. The van der Waals surface area contributed by atoms with Gasteiger partial charge in [-0.3, -0.25) is 0 Å². The summed E-state index contributed by atoms with van der Waals surface area (Å²) in [6, 6.07) is 4.07. The van der Waals surface area contributed by atoms with Crippen LogP contribution >= 0.6 is 0 Å². The van der Waals surface area contributed by atoms with Crippen LogP contribution in [0.2, 0.25) is 0 Å². The van der Waals surface area contributed by atoms with E-state index < -0.39 is 28.0 Å². The Balaban J connectivity index is 2.37. The number of likely N-dealkylation sites (N-methyl/N-ethyl adjacent to an activating group) is 1. The Kier molecular flexibility index (Phi) is 4.06. The molecule has 0 amide bonds. The Bertz CT molecular complexity index is 656. The molecular formula is C12H14FN3O3S. The van der Waals surface area contributed by atoms with Gasteiger partial charge in [0.1, 0.15) is 11.9 Å². The van der Waals surface area contributed by atoms with E-state index in [1.54, 1.807) is 6.07 Å². The Morgan fingerprint density at radius 3 is 2.75 bits per heavy atom. The van der Waals surface area contributed by atoms with Crippen molar-refractivity contribution in [3.8, 4) is 6.07 Å². The average Bonchev–Trinajstić information content (AvgIpc) is 2.84. The van der Waals surface area contributed by atoms with Crippen LogP contribution in [0.15, 0.2) is 23.1 Å². The lowest BCUT2D eigenvalue weighted by molar-refractivity contribution is 0.136. The van der Waals surface area contributed by atoms with Crippen LogP contribution in [-0.4, -0.2) is 50.1 Å². The van der Waals surface area contributed by atoms with E-state index >= 15 is 0 Å². The normalized spacial score (nSPS) is 22.9. The molecule has 0 saturated carbocycles. The van der Waals surface area contributed by atoms with Gasteiger partial charge in [0.15, 0.2) is 0 Å². The molecule has 0 unspecified atom stereocenters. The summed E-state index contributed by atoms with van der Waals surface area (Å²) in [6.07, 6.45) is -0.800. The van der Waals surface area contributed by atoms with Crippen molar-refractivity contribution in [3.05, 3.63) is 29.6 Å². The zero-order valence-corrected chi connectivity index (χ0v) is 11.6. The van der Waals surface area contributed by atoms with Crippen LogP contribution in [0.4, 0.5) is 4.39 Å². The molecular weight excluding hydrogens is 285 g/mol. The van der Waals surface area contributed by atoms with Crippen molar-refractivity contribution in [2.45, 2.75) is 17.0 Å². The number of halogens is 1. The monoisotopic (exact) mass is 299 g/mol. The number of nitrogens with zero attached hydrogens (tertiary/aromatic N) is 2. The zero-order valence-electron chi connectivity index (χ0n) is 10.7. The minimum Gasteiger partial charge on any atom is -0.390 e. The molecule has 1 aliphatic rings. The highest BCUT2D eigenvalue weighted by molar-refractivity contribution is 7.89. The van der Waals surface area contributed by atoms with Gasteiger partial charge in [-0.15, -0.1) is 0 Å². The molecule has 2 atom stereocenters. The largest absolute Gasteiger partial charge is 0.390 e. The fourth-order valence-electron chi connectivity index (χ4n) is 2.12. The first kappa shape index (κ1) is 14.9. The lowest BCUT2D eigenvalue weighted by Crippen LogP contribution is -2.44. The first-order chi connectivity index (χ1) is 9.37. The topological polar surface area (TPSA) is 93.4 Å². The molecule has 0 aliphatic carbocycles. The highest BCUT2D eigenvalue weighted by atomic mass is 32.2. The van der Waals surface area contributed by atoms with E-state index in [0.717, 1.165) is 22.5 Å². The van der Waals surface area contributed by atoms with E-state index in [4.69, 9.17) is 5.26 Å². The van der Waals surface area contributed by atoms with Gasteiger partial charge in [0.2, 0.25) is 10.0 Å². The number of nitrogens with one attached hydrogen (secondary N) is 1. The fraction of sp³-hybridized carbons (Fsp3) is 0.417. The Hall–Kier alpha value is -1.53. The van der Waals surface area contributed by atoms with E-state index in [-0.39, 0.29) is 10.5 Å². The summed E-state index contributed by atoms with van der Waals surface area (Å²) in [5, 5.41) is 21.4. The van der Waals surface area contributed by atoms with E-state index in [1.807, 2.05) is 0 Å². The summed E-state index contributed by atoms with van der Waals surface area (Å²) in [5.74, 6) is -0.767. The molecule has 20 heavy (non-hydrogen) atoms. The molecule has 108 valence electrons. The van der Waals surface area contributed by atoms with Crippen LogP contribution in [0.1, 0.15) is 5.56 Å². The molecule has 1 heterocycles. The van der Waals surface area contributed by atoms with Crippen molar-refractivity contribution in [2.24, 2.45) is 0 Å². The molecule has 2 N–H and O–H groups in total. The number of benzene rings is 1. The number of β-amino-alcohol motifs (C(OH)–C–C–N with tert-alkyl or cyclic N) is 1. The molecule has 0 aromatic heterocycles. The van der Waals surface area contributed by atoms with Gasteiger partial charge < -0.3 is 10.4 Å². The van der Waals surface area contributed by atoms with Gasteiger partial charge in [0.05, 0.1) is 22.6 Å². The standard InChI is InChI=1S/C12H14FN3O3S/c1-16(11-6-15-7-12(11)17)20(18,19)9-2-3-10(13)8(4-9)5-14/h2-4,11-12,15,17H,6-7H2,1H3/t11-,12-/m0/s1.